The van der Waals surface area contributed by atoms with Gasteiger partial charge in [0.1, 0.15) is 5.76 Å². The van der Waals surface area contributed by atoms with Crippen LogP contribution in [0.1, 0.15) is 25.1 Å². The Morgan fingerprint density at radius 1 is 1.31 bits per heavy atom. The zero-order valence-electron chi connectivity index (χ0n) is 10.2. The van der Waals surface area contributed by atoms with Crippen LogP contribution in [0.25, 0.3) is 0 Å². The number of methoxy groups -OCH3 is 2. The summed E-state index contributed by atoms with van der Waals surface area (Å²) in [6.45, 7) is 3.41. The molecule has 0 aliphatic heterocycles. The van der Waals surface area contributed by atoms with Crippen molar-refractivity contribution in [3.63, 3.8) is 0 Å². The Kier molecular flexibility index (Phi) is 6.15. The lowest BCUT2D eigenvalue weighted by atomic mass is 10.1. The Labute approximate surface area is 96.9 Å². The minimum atomic E-state index is 0.0834. The number of ether oxygens (including phenoxy) is 2. The molecule has 0 spiro atoms. The van der Waals surface area contributed by atoms with Gasteiger partial charge in [0.15, 0.2) is 0 Å². The first-order valence-electron chi connectivity index (χ1n) is 5.59. The molecule has 0 radical (unpaired) electrons. The third-order valence-corrected chi connectivity index (χ3v) is 2.52. The standard InChI is InChI=1S/C12H21NO3/c1-4-10(8-14-2)13-11(9-15-3)12-6-5-7-16-12/h5-7,10-11,13H,4,8-9H2,1-3H3. The van der Waals surface area contributed by atoms with Crippen LogP contribution in [0.15, 0.2) is 22.8 Å². The molecule has 1 aromatic heterocycles. The minimum Gasteiger partial charge on any atom is -0.468 e. The van der Waals surface area contributed by atoms with Crippen LogP contribution in [0.3, 0.4) is 0 Å². The largest absolute Gasteiger partial charge is 0.468 e. The van der Waals surface area contributed by atoms with Crippen molar-refractivity contribution >= 4 is 0 Å². The average Bonchev–Trinajstić information content (AvgIpc) is 2.81. The molecule has 0 saturated carbocycles. The number of furan rings is 1. The van der Waals surface area contributed by atoms with Crippen LogP contribution < -0.4 is 5.32 Å². The molecular weight excluding hydrogens is 206 g/mol. The molecule has 4 nitrogen and oxygen atoms in total. The molecule has 0 aliphatic rings. The van der Waals surface area contributed by atoms with E-state index in [-0.39, 0.29) is 6.04 Å². The van der Waals surface area contributed by atoms with E-state index in [0.29, 0.717) is 19.3 Å². The van der Waals surface area contributed by atoms with Gasteiger partial charge in [-0.05, 0) is 18.6 Å². The van der Waals surface area contributed by atoms with E-state index in [1.165, 1.54) is 0 Å². The molecule has 0 amide bonds. The lowest BCUT2D eigenvalue weighted by Gasteiger charge is -2.22. The molecule has 1 aromatic rings. The van der Waals surface area contributed by atoms with Crippen molar-refractivity contribution in [3.8, 4) is 0 Å². The van der Waals surface area contributed by atoms with E-state index in [0.717, 1.165) is 12.2 Å². The highest BCUT2D eigenvalue weighted by atomic mass is 16.5. The van der Waals surface area contributed by atoms with Crippen LogP contribution >= 0.6 is 0 Å². The Morgan fingerprint density at radius 3 is 2.56 bits per heavy atom. The second kappa shape index (κ2) is 7.44. The first kappa shape index (κ1) is 13.2. The molecule has 1 heterocycles. The average molecular weight is 227 g/mol. The molecule has 4 heteroatoms. The maximum Gasteiger partial charge on any atom is 0.123 e. The summed E-state index contributed by atoms with van der Waals surface area (Å²) in [5, 5.41) is 3.46. The summed E-state index contributed by atoms with van der Waals surface area (Å²) in [5.41, 5.74) is 0. The molecule has 92 valence electrons. The van der Waals surface area contributed by atoms with E-state index in [1.807, 2.05) is 12.1 Å². The van der Waals surface area contributed by atoms with Crippen molar-refractivity contribution in [3.05, 3.63) is 24.2 Å². The highest BCUT2D eigenvalue weighted by Gasteiger charge is 2.17. The van der Waals surface area contributed by atoms with Crippen molar-refractivity contribution in [2.75, 3.05) is 27.4 Å². The third kappa shape index (κ3) is 3.96. The number of hydrogen-bond donors (Lipinski definition) is 1. The van der Waals surface area contributed by atoms with Crippen molar-refractivity contribution in [2.24, 2.45) is 0 Å². The summed E-state index contributed by atoms with van der Waals surface area (Å²) in [4.78, 5) is 0. The van der Waals surface area contributed by atoms with Gasteiger partial charge in [0, 0.05) is 20.3 Å². The lowest BCUT2D eigenvalue weighted by molar-refractivity contribution is 0.122. The Hall–Kier alpha value is -0.840. The monoisotopic (exact) mass is 227 g/mol. The normalized spacial score (nSPS) is 14.9. The van der Waals surface area contributed by atoms with Crippen molar-refractivity contribution < 1.29 is 13.9 Å². The Morgan fingerprint density at radius 2 is 2.06 bits per heavy atom. The van der Waals surface area contributed by atoms with E-state index in [1.54, 1.807) is 20.5 Å². The fraction of sp³-hybridized carbons (Fsp3) is 0.667. The molecule has 1 N–H and O–H groups in total. The molecule has 2 atom stereocenters. The molecular formula is C12H21NO3. The van der Waals surface area contributed by atoms with Gasteiger partial charge in [-0.25, -0.2) is 0 Å². The quantitative estimate of drug-likeness (QED) is 0.737. The molecule has 0 aromatic carbocycles. The summed E-state index contributed by atoms with van der Waals surface area (Å²) < 4.78 is 15.7. The van der Waals surface area contributed by atoms with Crippen LogP contribution in [0.2, 0.25) is 0 Å². The number of nitrogens with one attached hydrogen (secondary N) is 1. The summed E-state index contributed by atoms with van der Waals surface area (Å²) in [6.07, 6.45) is 2.69. The van der Waals surface area contributed by atoms with E-state index in [9.17, 15) is 0 Å². The second-order valence-corrected chi connectivity index (χ2v) is 3.75. The number of hydrogen-bond acceptors (Lipinski definition) is 4. The maximum atomic E-state index is 5.39. The fourth-order valence-corrected chi connectivity index (χ4v) is 1.64. The van der Waals surface area contributed by atoms with Gasteiger partial charge in [-0.15, -0.1) is 0 Å². The summed E-state index contributed by atoms with van der Waals surface area (Å²) in [6, 6.07) is 4.24. The van der Waals surface area contributed by atoms with Gasteiger partial charge in [-0.2, -0.15) is 0 Å². The van der Waals surface area contributed by atoms with Crippen LogP contribution in [-0.2, 0) is 9.47 Å². The van der Waals surface area contributed by atoms with Gasteiger partial charge in [0.05, 0.1) is 25.5 Å². The zero-order valence-corrected chi connectivity index (χ0v) is 10.2. The molecule has 0 saturated heterocycles. The van der Waals surface area contributed by atoms with E-state index >= 15 is 0 Å². The fourth-order valence-electron chi connectivity index (χ4n) is 1.64. The van der Waals surface area contributed by atoms with Crippen LogP contribution in [0.4, 0.5) is 0 Å². The highest BCUT2D eigenvalue weighted by Crippen LogP contribution is 2.15. The first-order chi connectivity index (χ1) is 7.81. The summed E-state index contributed by atoms with van der Waals surface area (Å²) in [5.74, 6) is 0.899. The van der Waals surface area contributed by atoms with Gasteiger partial charge in [-0.1, -0.05) is 6.92 Å². The van der Waals surface area contributed by atoms with Gasteiger partial charge in [0.2, 0.25) is 0 Å². The zero-order chi connectivity index (χ0) is 11.8. The smallest absolute Gasteiger partial charge is 0.123 e. The maximum absolute atomic E-state index is 5.39. The molecule has 0 fully saturated rings. The van der Waals surface area contributed by atoms with Crippen LogP contribution in [-0.4, -0.2) is 33.5 Å². The topological polar surface area (TPSA) is 43.6 Å². The molecule has 0 aliphatic carbocycles. The SMILES string of the molecule is CCC(COC)NC(COC)c1ccco1. The van der Waals surface area contributed by atoms with Crippen LogP contribution in [0.5, 0.6) is 0 Å². The van der Waals surface area contributed by atoms with Gasteiger partial charge < -0.3 is 19.2 Å². The second-order valence-electron chi connectivity index (χ2n) is 3.75. The highest BCUT2D eigenvalue weighted by molar-refractivity contribution is 5.04. The van der Waals surface area contributed by atoms with Gasteiger partial charge in [0.25, 0.3) is 0 Å². The van der Waals surface area contributed by atoms with Crippen molar-refractivity contribution in [1.29, 1.82) is 0 Å². The Balaban J connectivity index is 2.56. The number of rotatable bonds is 8. The summed E-state index contributed by atoms with van der Waals surface area (Å²) in [7, 11) is 3.40. The minimum absolute atomic E-state index is 0.0834. The molecule has 0 bridgehead atoms. The first-order valence-corrected chi connectivity index (χ1v) is 5.59. The lowest BCUT2D eigenvalue weighted by Crippen LogP contribution is -2.37. The Bertz CT molecular complexity index is 261. The predicted molar refractivity (Wildman–Crippen MR) is 62.4 cm³/mol. The predicted octanol–water partition coefficient (Wildman–Crippen LogP) is 1.98. The van der Waals surface area contributed by atoms with E-state index < -0.39 is 0 Å². The van der Waals surface area contributed by atoms with Crippen molar-refractivity contribution in [1.82, 2.24) is 5.32 Å². The van der Waals surface area contributed by atoms with E-state index in [4.69, 9.17) is 13.9 Å². The molecule has 2 unspecified atom stereocenters. The van der Waals surface area contributed by atoms with Gasteiger partial charge >= 0.3 is 0 Å². The molecule has 1 rings (SSSR count). The van der Waals surface area contributed by atoms with E-state index in [2.05, 4.69) is 12.2 Å². The third-order valence-electron chi connectivity index (χ3n) is 2.52. The van der Waals surface area contributed by atoms with Crippen molar-refractivity contribution in [2.45, 2.75) is 25.4 Å². The van der Waals surface area contributed by atoms with Crippen LogP contribution in [0, 0.1) is 0 Å². The summed E-state index contributed by atoms with van der Waals surface area (Å²) >= 11 is 0. The molecule has 16 heavy (non-hydrogen) atoms. The van der Waals surface area contributed by atoms with Gasteiger partial charge in [-0.3, -0.25) is 0 Å².